The molecule has 0 radical (unpaired) electrons. The smallest absolute Gasteiger partial charge is 0.319 e. The van der Waals surface area contributed by atoms with E-state index in [4.69, 9.17) is 0 Å². The van der Waals surface area contributed by atoms with Crippen molar-refractivity contribution in [3.05, 3.63) is 102 Å². The van der Waals surface area contributed by atoms with Crippen molar-refractivity contribution in [2.75, 3.05) is 10.6 Å². The Morgan fingerprint density at radius 3 is 2.48 bits per heavy atom. The van der Waals surface area contributed by atoms with Crippen molar-refractivity contribution in [2.24, 2.45) is 0 Å². The van der Waals surface area contributed by atoms with E-state index in [1.165, 1.54) is 0 Å². The topological polar surface area (TPSA) is 66.1 Å². The number of carbonyl (C=O) groups excluding carboxylic acids is 1. The van der Waals surface area contributed by atoms with Crippen LogP contribution in [-0.2, 0) is 13.1 Å². The molecule has 3 aromatic carbocycles. The SMILES string of the molecule is O=C(NCc1ccccc1)Nc1cccc(CNc2nccc3ccccc23)c1. The fraction of sp³-hybridized carbons (Fsp3) is 0.0833. The fourth-order valence-electron chi connectivity index (χ4n) is 3.16. The number of aromatic nitrogens is 1. The van der Waals surface area contributed by atoms with E-state index in [1.807, 2.05) is 72.8 Å². The number of anilines is 2. The zero-order chi connectivity index (χ0) is 19.9. The maximum absolute atomic E-state index is 12.2. The predicted molar refractivity (Wildman–Crippen MR) is 118 cm³/mol. The zero-order valence-electron chi connectivity index (χ0n) is 15.9. The van der Waals surface area contributed by atoms with Gasteiger partial charge in [-0.05, 0) is 34.7 Å². The highest BCUT2D eigenvalue weighted by atomic mass is 16.2. The molecule has 0 bridgehead atoms. The average Bonchev–Trinajstić information content (AvgIpc) is 2.77. The van der Waals surface area contributed by atoms with E-state index in [2.05, 4.69) is 33.1 Å². The van der Waals surface area contributed by atoms with Gasteiger partial charge in [-0.25, -0.2) is 9.78 Å². The van der Waals surface area contributed by atoms with Crippen molar-refractivity contribution in [2.45, 2.75) is 13.1 Å². The predicted octanol–water partition coefficient (Wildman–Crippen LogP) is 5.17. The number of nitrogens with one attached hydrogen (secondary N) is 3. The average molecular weight is 382 g/mol. The summed E-state index contributed by atoms with van der Waals surface area (Å²) in [6.45, 7) is 1.10. The molecule has 4 rings (SSSR count). The molecule has 4 aromatic rings. The minimum atomic E-state index is -0.227. The van der Waals surface area contributed by atoms with Gasteiger partial charge in [0.15, 0.2) is 0 Å². The lowest BCUT2D eigenvalue weighted by Gasteiger charge is -2.11. The molecule has 0 aliphatic rings. The number of amides is 2. The van der Waals surface area contributed by atoms with Crippen LogP contribution in [0.5, 0.6) is 0 Å². The number of hydrogen-bond acceptors (Lipinski definition) is 3. The number of benzene rings is 3. The lowest BCUT2D eigenvalue weighted by atomic mass is 10.1. The number of rotatable bonds is 6. The van der Waals surface area contributed by atoms with Crippen LogP contribution in [0.3, 0.4) is 0 Å². The number of nitrogens with zero attached hydrogens (tertiary/aromatic N) is 1. The molecule has 0 unspecified atom stereocenters. The van der Waals surface area contributed by atoms with Gasteiger partial charge < -0.3 is 16.0 Å². The Bertz CT molecular complexity index is 1110. The Hall–Kier alpha value is -3.86. The molecule has 0 spiro atoms. The first-order valence-electron chi connectivity index (χ1n) is 9.53. The van der Waals surface area contributed by atoms with Crippen LogP contribution >= 0.6 is 0 Å². The van der Waals surface area contributed by atoms with Crippen molar-refractivity contribution >= 4 is 28.3 Å². The number of carbonyl (C=O) groups is 1. The molecule has 3 N–H and O–H groups in total. The van der Waals surface area contributed by atoms with Crippen molar-refractivity contribution < 1.29 is 4.79 Å². The normalized spacial score (nSPS) is 10.5. The molecule has 0 saturated carbocycles. The van der Waals surface area contributed by atoms with E-state index < -0.39 is 0 Å². The summed E-state index contributed by atoms with van der Waals surface area (Å²) in [4.78, 5) is 16.6. The lowest BCUT2D eigenvalue weighted by molar-refractivity contribution is 0.251. The first-order valence-corrected chi connectivity index (χ1v) is 9.53. The first kappa shape index (κ1) is 18.5. The maximum Gasteiger partial charge on any atom is 0.319 e. The lowest BCUT2D eigenvalue weighted by Crippen LogP contribution is -2.28. The molecule has 1 aromatic heterocycles. The van der Waals surface area contributed by atoms with E-state index in [0.29, 0.717) is 13.1 Å². The molecule has 0 atom stereocenters. The largest absolute Gasteiger partial charge is 0.365 e. The molecule has 0 aliphatic heterocycles. The highest BCUT2D eigenvalue weighted by molar-refractivity contribution is 5.91. The van der Waals surface area contributed by atoms with Gasteiger partial charge in [0, 0.05) is 30.4 Å². The van der Waals surface area contributed by atoms with Gasteiger partial charge >= 0.3 is 6.03 Å². The summed E-state index contributed by atoms with van der Waals surface area (Å²) < 4.78 is 0. The Kier molecular flexibility index (Phi) is 5.67. The summed E-state index contributed by atoms with van der Waals surface area (Å²) in [5.74, 6) is 0.849. The Morgan fingerprint density at radius 2 is 1.59 bits per heavy atom. The van der Waals surface area contributed by atoms with E-state index >= 15 is 0 Å². The Labute approximate surface area is 169 Å². The van der Waals surface area contributed by atoms with Crippen LogP contribution in [0.15, 0.2) is 91.1 Å². The molecule has 5 heteroatoms. The molecule has 0 saturated heterocycles. The van der Waals surface area contributed by atoms with Crippen molar-refractivity contribution in [3.63, 3.8) is 0 Å². The molecule has 0 fully saturated rings. The Morgan fingerprint density at radius 1 is 0.793 bits per heavy atom. The van der Waals surface area contributed by atoms with Crippen molar-refractivity contribution in [1.29, 1.82) is 0 Å². The quantitative estimate of drug-likeness (QED) is 0.431. The first-order chi connectivity index (χ1) is 14.3. The van der Waals surface area contributed by atoms with Crippen molar-refractivity contribution in [3.8, 4) is 0 Å². The number of pyridine rings is 1. The Balaban J connectivity index is 1.36. The standard InChI is InChI=1S/C24H22N4O/c29-24(27-16-18-7-2-1-3-8-18)28-21-11-6-9-19(15-21)17-26-23-22-12-5-4-10-20(22)13-14-25-23/h1-15H,16-17H2,(H,25,26)(H2,27,28,29). The van der Waals surface area contributed by atoms with Gasteiger partial charge in [0.1, 0.15) is 5.82 Å². The molecule has 5 nitrogen and oxygen atoms in total. The highest BCUT2D eigenvalue weighted by Gasteiger charge is 2.04. The minimum absolute atomic E-state index is 0.227. The third-order valence-corrected chi connectivity index (χ3v) is 4.61. The van der Waals surface area contributed by atoms with Gasteiger partial charge in [-0.3, -0.25) is 0 Å². The van der Waals surface area contributed by atoms with Crippen LogP contribution in [0.1, 0.15) is 11.1 Å². The van der Waals surface area contributed by atoms with Crippen molar-refractivity contribution in [1.82, 2.24) is 10.3 Å². The second-order valence-corrected chi connectivity index (χ2v) is 6.73. The zero-order valence-corrected chi connectivity index (χ0v) is 15.9. The molecule has 1 heterocycles. The van der Waals surface area contributed by atoms with Gasteiger partial charge in [0.25, 0.3) is 0 Å². The second kappa shape index (κ2) is 8.89. The summed E-state index contributed by atoms with van der Waals surface area (Å²) >= 11 is 0. The number of fused-ring (bicyclic) bond motifs is 1. The highest BCUT2D eigenvalue weighted by Crippen LogP contribution is 2.21. The molecule has 2 amide bonds. The minimum Gasteiger partial charge on any atom is -0.365 e. The van der Waals surface area contributed by atoms with E-state index in [-0.39, 0.29) is 6.03 Å². The van der Waals surface area contributed by atoms with Crippen LogP contribution in [0.2, 0.25) is 0 Å². The third kappa shape index (κ3) is 4.90. The summed E-state index contributed by atoms with van der Waals surface area (Å²) in [6.07, 6.45) is 1.81. The second-order valence-electron chi connectivity index (χ2n) is 6.73. The number of hydrogen-bond donors (Lipinski definition) is 3. The van der Waals surface area contributed by atoms with E-state index in [0.717, 1.165) is 33.4 Å². The van der Waals surface area contributed by atoms with Gasteiger partial charge in [-0.1, -0.05) is 66.7 Å². The summed E-state index contributed by atoms with van der Waals surface area (Å²) in [5.41, 5.74) is 2.87. The molecule has 29 heavy (non-hydrogen) atoms. The monoisotopic (exact) mass is 382 g/mol. The van der Waals surface area contributed by atoms with Crippen LogP contribution < -0.4 is 16.0 Å². The molecular weight excluding hydrogens is 360 g/mol. The van der Waals surface area contributed by atoms with Gasteiger partial charge in [-0.15, -0.1) is 0 Å². The van der Waals surface area contributed by atoms with Gasteiger partial charge in [0.05, 0.1) is 0 Å². The molecule has 0 aliphatic carbocycles. The summed E-state index contributed by atoms with van der Waals surface area (Å²) in [6, 6.07) is 27.5. The van der Waals surface area contributed by atoms with Crippen LogP contribution in [0.4, 0.5) is 16.3 Å². The molecular formula is C24H22N4O. The maximum atomic E-state index is 12.2. The number of urea groups is 1. The van der Waals surface area contributed by atoms with Crippen LogP contribution in [0.25, 0.3) is 10.8 Å². The van der Waals surface area contributed by atoms with E-state index in [1.54, 1.807) is 6.20 Å². The van der Waals surface area contributed by atoms with Gasteiger partial charge in [-0.2, -0.15) is 0 Å². The summed E-state index contributed by atoms with van der Waals surface area (Å²) in [7, 11) is 0. The molecule has 144 valence electrons. The third-order valence-electron chi connectivity index (χ3n) is 4.61. The van der Waals surface area contributed by atoms with Crippen LogP contribution in [0, 0.1) is 0 Å². The summed E-state index contributed by atoms with van der Waals surface area (Å²) in [5, 5.41) is 11.4. The van der Waals surface area contributed by atoms with E-state index in [9.17, 15) is 4.79 Å². The van der Waals surface area contributed by atoms with Gasteiger partial charge in [0.2, 0.25) is 0 Å². The van der Waals surface area contributed by atoms with Crippen LogP contribution in [-0.4, -0.2) is 11.0 Å². The fourth-order valence-corrected chi connectivity index (χ4v) is 3.16.